The molecule has 2 heterocycles. The first-order valence-electron chi connectivity index (χ1n) is 8.49. The van der Waals surface area contributed by atoms with Crippen LogP contribution in [0.25, 0.3) is 0 Å². The Labute approximate surface area is 142 Å². The van der Waals surface area contributed by atoms with Gasteiger partial charge in [-0.1, -0.05) is 30.3 Å². The maximum absolute atomic E-state index is 12.2. The molecule has 4 nitrogen and oxygen atoms in total. The van der Waals surface area contributed by atoms with Gasteiger partial charge in [-0.25, -0.2) is 4.79 Å². The molecule has 3 rings (SSSR count). The highest BCUT2D eigenvalue weighted by atomic mass is 32.2. The number of carbonyl (C=O) groups is 1. The van der Waals surface area contributed by atoms with Crippen molar-refractivity contribution >= 4 is 17.8 Å². The monoisotopic (exact) mass is 334 g/mol. The molecule has 2 aliphatic rings. The average Bonchev–Trinajstić information content (AvgIpc) is 3.01. The van der Waals surface area contributed by atoms with Gasteiger partial charge in [-0.15, -0.1) is 0 Å². The van der Waals surface area contributed by atoms with Gasteiger partial charge in [0.2, 0.25) is 0 Å². The number of hydrogen-bond donors (Lipinski definition) is 2. The smallest absolute Gasteiger partial charge is 0.315 e. The normalized spacial score (nSPS) is 30.8. The van der Waals surface area contributed by atoms with E-state index in [1.807, 2.05) is 30.0 Å². The maximum atomic E-state index is 12.2. The highest BCUT2D eigenvalue weighted by Crippen LogP contribution is 2.37. The standard InChI is InChI=1S/C18H26N2O2S/c1-18(9-5-11-23-18)13-19-17(21)20-15-8-10-22-16(12-15)14-6-3-2-4-7-14/h2-4,6-7,15-16H,5,8-13H2,1H3,(H2,19,20,21)/t15-,16-,18-/m1/s1. The van der Waals surface area contributed by atoms with Crippen LogP contribution in [0.4, 0.5) is 4.79 Å². The van der Waals surface area contributed by atoms with Crippen LogP contribution in [0.3, 0.4) is 0 Å². The van der Waals surface area contributed by atoms with Crippen molar-refractivity contribution < 1.29 is 9.53 Å². The quantitative estimate of drug-likeness (QED) is 0.886. The number of ether oxygens (including phenoxy) is 1. The third-order valence-electron chi connectivity index (χ3n) is 4.71. The van der Waals surface area contributed by atoms with E-state index in [1.54, 1.807) is 0 Å². The molecule has 0 radical (unpaired) electrons. The first-order valence-corrected chi connectivity index (χ1v) is 9.48. The van der Waals surface area contributed by atoms with Gasteiger partial charge in [-0.05, 0) is 43.9 Å². The van der Waals surface area contributed by atoms with Gasteiger partial charge in [0.15, 0.2) is 0 Å². The fourth-order valence-electron chi connectivity index (χ4n) is 3.31. The van der Waals surface area contributed by atoms with Crippen LogP contribution in [0.5, 0.6) is 0 Å². The number of benzene rings is 1. The summed E-state index contributed by atoms with van der Waals surface area (Å²) in [6, 6.07) is 10.4. The largest absolute Gasteiger partial charge is 0.373 e. The van der Waals surface area contributed by atoms with Crippen LogP contribution >= 0.6 is 11.8 Å². The lowest BCUT2D eigenvalue weighted by Gasteiger charge is -2.31. The summed E-state index contributed by atoms with van der Waals surface area (Å²) in [6.45, 7) is 3.68. The van der Waals surface area contributed by atoms with Gasteiger partial charge in [0, 0.05) is 23.9 Å². The van der Waals surface area contributed by atoms with Crippen molar-refractivity contribution in [2.24, 2.45) is 0 Å². The van der Waals surface area contributed by atoms with E-state index in [4.69, 9.17) is 4.74 Å². The van der Waals surface area contributed by atoms with Crippen LogP contribution in [-0.4, -0.2) is 35.7 Å². The minimum absolute atomic E-state index is 0.0440. The maximum Gasteiger partial charge on any atom is 0.315 e. The fraction of sp³-hybridized carbons (Fsp3) is 0.611. The number of amides is 2. The fourth-order valence-corrected chi connectivity index (χ4v) is 4.55. The summed E-state index contributed by atoms with van der Waals surface area (Å²) < 4.78 is 6.07. The number of thioether (sulfide) groups is 1. The Hall–Kier alpha value is -1.20. The highest BCUT2D eigenvalue weighted by Gasteiger charge is 2.30. The van der Waals surface area contributed by atoms with Gasteiger partial charge >= 0.3 is 6.03 Å². The van der Waals surface area contributed by atoms with Gasteiger partial charge in [0.1, 0.15) is 0 Å². The van der Waals surface area contributed by atoms with Gasteiger partial charge in [0.25, 0.3) is 0 Å². The zero-order valence-electron chi connectivity index (χ0n) is 13.7. The average molecular weight is 334 g/mol. The van der Waals surface area contributed by atoms with Gasteiger partial charge < -0.3 is 15.4 Å². The molecule has 0 spiro atoms. The summed E-state index contributed by atoms with van der Waals surface area (Å²) in [7, 11) is 0. The van der Waals surface area contributed by atoms with E-state index >= 15 is 0 Å². The van der Waals surface area contributed by atoms with Crippen molar-refractivity contribution in [3.63, 3.8) is 0 Å². The summed E-state index contributed by atoms with van der Waals surface area (Å²) in [5, 5.41) is 6.18. The second-order valence-corrected chi connectivity index (χ2v) is 8.40. The van der Waals surface area contributed by atoms with E-state index in [2.05, 4.69) is 29.7 Å². The number of nitrogens with one attached hydrogen (secondary N) is 2. The molecule has 5 heteroatoms. The number of carbonyl (C=O) groups excluding carboxylic acids is 1. The molecular weight excluding hydrogens is 308 g/mol. The van der Waals surface area contributed by atoms with Crippen LogP contribution in [0, 0.1) is 0 Å². The molecule has 23 heavy (non-hydrogen) atoms. The van der Waals surface area contributed by atoms with Crippen molar-refractivity contribution in [3.8, 4) is 0 Å². The van der Waals surface area contributed by atoms with Gasteiger partial charge in [0.05, 0.1) is 6.10 Å². The predicted molar refractivity (Wildman–Crippen MR) is 94.8 cm³/mol. The van der Waals surface area contributed by atoms with E-state index in [0.717, 1.165) is 19.4 Å². The molecule has 2 aliphatic heterocycles. The zero-order valence-corrected chi connectivity index (χ0v) is 14.5. The lowest BCUT2D eigenvalue weighted by Crippen LogP contribution is -2.48. The molecule has 2 fully saturated rings. The molecule has 126 valence electrons. The van der Waals surface area contributed by atoms with Crippen molar-refractivity contribution in [2.45, 2.75) is 49.5 Å². The van der Waals surface area contributed by atoms with Crippen molar-refractivity contribution in [1.82, 2.24) is 10.6 Å². The molecule has 1 aromatic rings. The Bertz CT molecular complexity index is 517. The molecule has 0 unspecified atom stereocenters. The third-order valence-corrected chi connectivity index (χ3v) is 6.25. The molecule has 0 aliphatic carbocycles. The molecule has 2 N–H and O–H groups in total. The first-order chi connectivity index (χ1) is 11.1. The number of rotatable bonds is 4. The number of hydrogen-bond acceptors (Lipinski definition) is 3. The van der Waals surface area contributed by atoms with Crippen LogP contribution in [0.2, 0.25) is 0 Å². The SMILES string of the molecule is C[C@]1(CNC(=O)N[C@@H]2CCO[C@@H](c3ccccc3)C2)CCCS1. The summed E-state index contributed by atoms with van der Waals surface area (Å²) in [6.07, 6.45) is 4.24. The van der Waals surface area contributed by atoms with E-state index < -0.39 is 0 Å². The van der Waals surface area contributed by atoms with Crippen molar-refractivity contribution in [1.29, 1.82) is 0 Å². The minimum atomic E-state index is -0.0440. The predicted octanol–water partition coefficient (Wildman–Crippen LogP) is 3.49. The molecule has 3 atom stereocenters. The van der Waals surface area contributed by atoms with Crippen LogP contribution in [-0.2, 0) is 4.74 Å². The van der Waals surface area contributed by atoms with E-state index in [1.165, 1.54) is 24.2 Å². The second-order valence-electron chi connectivity index (χ2n) is 6.72. The van der Waals surface area contributed by atoms with Crippen LogP contribution in [0.15, 0.2) is 30.3 Å². The van der Waals surface area contributed by atoms with E-state index in [-0.39, 0.29) is 22.9 Å². The molecule has 0 saturated carbocycles. The Morgan fingerprint density at radius 2 is 2.22 bits per heavy atom. The zero-order chi connectivity index (χ0) is 16.1. The van der Waals surface area contributed by atoms with Gasteiger partial charge in [-0.2, -0.15) is 11.8 Å². The van der Waals surface area contributed by atoms with Crippen molar-refractivity contribution in [3.05, 3.63) is 35.9 Å². The molecule has 2 saturated heterocycles. The minimum Gasteiger partial charge on any atom is -0.373 e. The summed E-state index contributed by atoms with van der Waals surface area (Å²) in [4.78, 5) is 12.2. The number of urea groups is 1. The Balaban J connectivity index is 1.46. The van der Waals surface area contributed by atoms with Crippen LogP contribution < -0.4 is 10.6 Å². The van der Waals surface area contributed by atoms with Gasteiger partial charge in [-0.3, -0.25) is 0 Å². The Kier molecular flexibility index (Phi) is 5.49. The van der Waals surface area contributed by atoms with Crippen LogP contribution in [0.1, 0.15) is 44.3 Å². The molecule has 2 amide bonds. The summed E-state index contributed by atoms with van der Waals surface area (Å²) in [5.74, 6) is 1.21. The first kappa shape index (κ1) is 16.7. The Morgan fingerprint density at radius 1 is 1.39 bits per heavy atom. The summed E-state index contributed by atoms with van der Waals surface area (Å²) in [5.41, 5.74) is 1.19. The molecule has 0 aromatic heterocycles. The third kappa shape index (κ3) is 4.64. The molecular formula is C18H26N2O2S. The lowest BCUT2D eigenvalue weighted by molar-refractivity contribution is 0.00225. The summed E-state index contributed by atoms with van der Waals surface area (Å²) >= 11 is 1.97. The highest BCUT2D eigenvalue weighted by molar-refractivity contribution is 8.00. The van der Waals surface area contributed by atoms with E-state index in [9.17, 15) is 4.79 Å². The lowest BCUT2D eigenvalue weighted by atomic mass is 9.97. The molecule has 0 bridgehead atoms. The Morgan fingerprint density at radius 3 is 2.96 bits per heavy atom. The second kappa shape index (κ2) is 7.58. The van der Waals surface area contributed by atoms with E-state index in [0.29, 0.717) is 6.61 Å². The van der Waals surface area contributed by atoms with Crippen molar-refractivity contribution in [2.75, 3.05) is 18.9 Å². The molecule has 1 aromatic carbocycles. The topological polar surface area (TPSA) is 50.4 Å².